The van der Waals surface area contributed by atoms with Gasteiger partial charge in [0.15, 0.2) is 0 Å². The van der Waals surface area contributed by atoms with Crippen molar-refractivity contribution in [2.24, 2.45) is 5.92 Å². The molecule has 1 amide bonds. The molecule has 0 N–H and O–H groups in total. The van der Waals surface area contributed by atoms with Gasteiger partial charge in [0.2, 0.25) is 0 Å². The van der Waals surface area contributed by atoms with E-state index in [9.17, 15) is 4.79 Å². The van der Waals surface area contributed by atoms with Crippen molar-refractivity contribution in [3.05, 3.63) is 52.7 Å². The number of benzene rings is 1. The molecule has 0 aliphatic carbocycles. The van der Waals surface area contributed by atoms with E-state index in [1.807, 2.05) is 34.8 Å². The summed E-state index contributed by atoms with van der Waals surface area (Å²) in [5, 5.41) is 3.87. The van der Waals surface area contributed by atoms with Gasteiger partial charge in [-0.3, -0.25) is 4.79 Å². The van der Waals surface area contributed by atoms with E-state index in [2.05, 4.69) is 29.2 Å². The van der Waals surface area contributed by atoms with E-state index in [-0.39, 0.29) is 5.91 Å². The molecule has 1 aromatic heterocycles. The maximum absolute atomic E-state index is 12.3. The summed E-state index contributed by atoms with van der Waals surface area (Å²) in [7, 11) is 1.91. The molecule has 110 valence electrons. The summed E-state index contributed by atoms with van der Waals surface area (Å²) in [5.41, 5.74) is 2.09. The van der Waals surface area contributed by atoms with E-state index in [1.54, 1.807) is 11.3 Å². The molecule has 0 bridgehead atoms. The highest BCUT2D eigenvalue weighted by Crippen LogP contribution is 2.24. The lowest BCUT2D eigenvalue weighted by Gasteiger charge is -2.22. The molecule has 1 aliphatic heterocycles. The van der Waals surface area contributed by atoms with Gasteiger partial charge in [-0.05, 0) is 35.9 Å². The van der Waals surface area contributed by atoms with Crippen LogP contribution in [-0.2, 0) is 0 Å². The molecule has 0 spiro atoms. The van der Waals surface area contributed by atoms with E-state index >= 15 is 0 Å². The smallest absolute Gasteiger partial charge is 0.254 e. The Morgan fingerprint density at radius 1 is 1.33 bits per heavy atom. The quantitative estimate of drug-likeness (QED) is 0.864. The molecule has 1 aliphatic rings. The average Bonchev–Trinajstić information content (AvgIpc) is 3.19. The van der Waals surface area contributed by atoms with Crippen LogP contribution < -0.4 is 4.90 Å². The highest BCUT2D eigenvalue weighted by atomic mass is 32.1. The maximum Gasteiger partial charge on any atom is 0.254 e. The van der Waals surface area contributed by atoms with Gasteiger partial charge in [0.05, 0.1) is 5.56 Å². The number of hydrogen-bond acceptors (Lipinski definition) is 3. The number of carbonyl (C=O) groups excluding carboxylic acids is 1. The Kier molecular flexibility index (Phi) is 4.25. The van der Waals surface area contributed by atoms with E-state index in [0.29, 0.717) is 5.92 Å². The largest absolute Gasteiger partial charge is 0.371 e. The predicted molar refractivity (Wildman–Crippen MR) is 88.0 cm³/mol. The molecule has 1 saturated heterocycles. The number of nitrogens with zero attached hydrogens (tertiary/aromatic N) is 2. The number of amides is 1. The van der Waals surface area contributed by atoms with Crippen molar-refractivity contribution in [1.82, 2.24) is 4.90 Å². The summed E-state index contributed by atoms with van der Waals surface area (Å²) >= 11 is 1.57. The molecule has 0 unspecified atom stereocenters. The number of carbonyl (C=O) groups is 1. The minimum atomic E-state index is 0.134. The summed E-state index contributed by atoms with van der Waals surface area (Å²) in [6.07, 6.45) is 1.15. The fourth-order valence-corrected chi connectivity index (χ4v) is 3.56. The van der Waals surface area contributed by atoms with Crippen molar-refractivity contribution in [2.75, 3.05) is 31.6 Å². The van der Waals surface area contributed by atoms with Crippen molar-refractivity contribution in [1.29, 1.82) is 0 Å². The van der Waals surface area contributed by atoms with Crippen LogP contribution in [0.1, 0.15) is 16.8 Å². The van der Waals surface area contributed by atoms with Crippen molar-refractivity contribution in [3.63, 3.8) is 0 Å². The summed E-state index contributed by atoms with van der Waals surface area (Å²) in [6.45, 7) is 2.94. The summed E-state index contributed by atoms with van der Waals surface area (Å²) in [6, 6.07) is 12.4. The Balaban J connectivity index is 1.56. The molecule has 0 radical (unpaired) electrons. The van der Waals surface area contributed by atoms with Crippen molar-refractivity contribution in [3.8, 4) is 0 Å². The topological polar surface area (TPSA) is 23.6 Å². The Morgan fingerprint density at radius 3 is 2.86 bits per heavy atom. The first-order valence-corrected chi connectivity index (χ1v) is 8.26. The Hall–Kier alpha value is -1.81. The zero-order valence-electron chi connectivity index (χ0n) is 12.2. The third-order valence-electron chi connectivity index (χ3n) is 4.05. The lowest BCUT2D eigenvalue weighted by atomic mass is 10.1. The van der Waals surface area contributed by atoms with Gasteiger partial charge >= 0.3 is 0 Å². The van der Waals surface area contributed by atoms with Crippen LogP contribution in [0, 0.1) is 5.92 Å². The van der Waals surface area contributed by atoms with E-state index in [4.69, 9.17) is 0 Å². The molecule has 21 heavy (non-hydrogen) atoms. The fraction of sp³-hybridized carbons (Fsp3) is 0.353. The average molecular weight is 300 g/mol. The van der Waals surface area contributed by atoms with Crippen LogP contribution in [0.4, 0.5) is 5.69 Å². The van der Waals surface area contributed by atoms with Crippen molar-refractivity contribution in [2.45, 2.75) is 6.42 Å². The molecule has 2 aromatic rings. The van der Waals surface area contributed by atoms with Gasteiger partial charge in [0, 0.05) is 37.7 Å². The first kappa shape index (κ1) is 14.1. The fourth-order valence-electron chi connectivity index (χ4n) is 2.93. The monoisotopic (exact) mass is 300 g/mol. The zero-order valence-corrected chi connectivity index (χ0v) is 13.1. The number of anilines is 1. The molecule has 2 heterocycles. The number of thiophene rings is 1. The lowest BCUT2D eigenvalue weighted by molar-refractivity contribution is 0.0777. The highest BCUT2D eigenvalue weighted by Gasteiger charge is 2.25. The molecular weight excluding hydrogens is 280 g/mol. The van der Waals surface area contributed by atoms with Crippen LogP contribution in [0.25, 0.3) is 0 Å². The normalized spacial score (nSPS) is 18.0. The van der Waals surface area contributed by atoms with Gasteiger partial charge < -0.3 is 9.80 Å². The molecule has 0 saturated carbocycles. The number of hydrogen-bond donors (Lipinski definition) is 0. The van der Waals surface area contributed by atoms with Gasteiger partial charge in [0.25, 0.3) is 5.91 Å². The molecule has 1 atom stereocenters. The first-order chi connectivity index (χ1) is 10.2. The molecular formula is C17H20N2OS. The number of para-hydroxylation sites is 1. The van der Waals surface area contributed by atoms with Crippen LogP contribution in [0.2, 0.25) is 0 Å². The first-order valence-electron chi connectivity index (χ1n) is 7.31. The van der Waals surface area contributed by atoms with Gasteiger partial charge in [-0.1, -0.05) is 18.2 Å². The van der Waals surface area contributed by atoms with Gasteiger partial charge in [0.1, 0.15) is 0 Å². The lowest BCUT2D eigenvalue weighted by Crippen LogP contribution is -2.33. The Labute approximate surface area is 129 Å². The molecule has 4 heteroatoms. The van der Waals surface area contributed by atoms with Gasteiger partial charge in [-0.2, -0.15) is 11.3 Å². The van der Waals surface area contributed by atoms with E-state index in [1.165, 1.54) is 5.69 Å². The van der Waals surface area contributed by atoms with Crippen LogP contribution in [0.15, 0.2) is 47.2 Å². The third kappa shape index (κ3) is 3.27. The standard InChI is InChI=1S/C17H20N2OS/c1-18(17(20)15-8-10-21-13-15)11-14-7-9-19(12-14)16-5-3-2-4-6-16/h2-6,8,10,13-14H,7,9,11-12H2,1H3/t14-/m0/s1. The van der Waals surface area contributed by atoms with Crippen LogP contribution >= 0.6 is 11.3 Å². The number of rotatable bonds is 4. The summed E-state index contributed by atoms with van der Waals surface area (Å²) in [5.74, 6) is 0.687. The van der Waals surface area contributed by atoms with Gasteiger partial charge in [-0.15, -0.1) is 0 Å². The second-order valence-electron chi connectivity index (χ2n) is 5.63. The van der Waals surface area contributed by atoms with Crippen LogP contribution in [0.5, 0.6) is 0 Å². The molecule has 1 fully saturated rings. The Morgan fingerprint density at radius 2 is 2.14 bits per heavy atom. The van der Waals surface area contributed by atoms with Crippen molar-refractivity contribution < 1.29 is 4.79 Å². The second kappa shape index (κ2) is 6.31. The Bertz CT molecular complexity index is 582. The summed E-state index contributed by atoms with van der Waals surface area (Å²) < 4.78 is 0. The van der Waals surface area contributed by atoms with E-state index in [0.717, 1.165) is 31.6 Å². The minimum absolute atomic E-state index is 0.134. The second-order valence-corrected chi connectivity index (χ2v) is 6.41. The molecule has 3 rings (SSSR count). The minimum Gasteiger partial charge on any atom is -0.371 e. The van der Waals surface area contributed by atoms with Crippen molar-refractivity contribution >= 4 is 22.9 Å². The highest BCUT2D eigenvalue weighted by molar-refractivity contribution is 7.08. The van der Waals surface area contributed by atoms with Crippen LogP contribution in [-0.4, -0.2) is 37.5 Å². The zero-order chi connectivity index (χ0) is 14.7. The maximum atomic E-state index is 12.3. The molecule has 1 aromatic carbocycles. The third-order valence-corrected chi connectivity index (χ3v) is 4.74. The predicted octanol–water partition coefficient (Wildman–Crippen LogP) is 3.35. The van der Waals surface area contributed by atoms with E-state index < -0.39 is 0 Å². The molecule has 3 nitrogen and oxygen atoms in total. The van der Waals surface area contributed by atoms with Crippen LogP contribution in [0.3, 0.4) is 0 Å². The summed E-state index contributed by atoms with van der Waals surface area (Å²) in [4.78, 5) is 16.5. The SMILES string of the molecule is CN(C[C@@H]1CCN(c2ccccc2)C1)C(=O)c1ccsc1. The van der Waals surface area contributed by atoms with Gasteiger partial charge in [-0.25, -0.2) is 0 Å².